The van der Waals surface area contributed by atoms with Gasteiger partial charge in [-0.3, -0.25) is 9.69 Å². The fourth-order valence-electron chi connectivity index (χ4n) is 4.67. The van der Waals surface area contributed by atoms with Gasteiger partial charge in [0.25, 0.3) is 5.91 Å². The number of cyclic esters (lactones) is 1. The van der Waals surface area contributed by atoms with Gasteiger partial charge in [0.1, 0.15) is 18.2 Å². The topological polar surface area (TPSA) is 74.8 Å². The Bertz CT molecular complexity index is 1030. The van der Waals surface area contributed by atoms with Gasteiger partial charge >= 0.3 is 6.09 Å². The standard InChI is InChI=1S/C22H23FN4O3/c1-22(16-3-2-4-17(23)10-16)11-14-9-15(12-24-19(14)25-22)20(28)26-6-5-18(13-26)27-7-8-30-21(27)29/h2-4,9-10,12,18H,5-8,11,13H2,1H3,(H,24,25)/t18?,22-/m1/s1. The molecule has 7 nitrogen and oxygen atoms in total. The third-order valence-corrected chi connectivity index (χ3v) is 6.30. The van der Waals surface area contributed by atoms with Crippen LogP contribution in [0.15, 0.2) is 36.5 Å². The molecule has 2 amide bonds. The van der Waals surface area contributed by atoms with Crippen molar-refractivity contribution >= 4 is 17.8 Å². The van der Waals surface area contributed by atoms with Gasteiger partial charge in [0.15, 0.2) is 0 Å². The van der Waals surface area contributed by atoms with Crippen molar-refractivity contribution in [2.45, 2.75) is 31.3 Å². The van der Waals surface area contributed by atoms with Gasteiger partial charge < -0.3 is 15.0 Å². The maximum absolute atomic E-state index is 13.7. The number of ether oxygens (including phenoxy) is 1. The number of hydrogen-bond acceptors (Lipinski definition) is 5. The summed E-state index contributed by atoms with van der Waals surface area (Å²) in [5.41, 5.74) is 1.83. The highest BCUT2D eigenvalue weighted by Gasteiger charge is 2.38. The van der Waals surface area contributed by atoms with E-state index in [1.807, 2.05) is 19.1 Å². The SMILES string of the molecule is C[C@]1(c2cccc(F)c2)Cc2cc(C(=O)N3CCC(N4CCOC4=O)C3)cnc2N1. The Balaban J connectivity index is 1.32. The fourth-order valence-corrected chi connectivity index (χ4v) is 4.67. The summed E-state index contributed by atoms with van der Waals surface area (Å²) in [6, 6.07) is 8.42. The molecule has 2 saturated heterocycles. The number of fused-ring (bicyclic) bond motifs is 1. The van der Waals surface area contributed by atoms with E-state index < -0.39 is 5.54 Å². The molecule has 0 bridgehead atoms. The lowest BCUT2D eigenvalue weighted by molar-refractivity contribution is 0.0779. The second kappa shape index (κ2) is 6.97. The van der Waals surface area contributed by atoms with Crippen LogP contribution in [0.4, 0.5) is 15.0 Å². The van der Waals surface area contributed by atoms with Gasteiger partial charge in [-0.1, -0.05) is 12.1 Å². The average molecular weight is 410 g/mol. The van der Waals surface area contributed by atoms with Crippen molar-refractivity contribution in [1.29, 1.82) is 0 Å². The van der Waals surface area contributed by atoms with E-state index in [-0.39, 0.29) is 23.9 Å². The number of nitrogens with zero attached hydrogens (tertiary/aromatic N) is 3. The van der Waals surface area contributed by atoms with E-state index in [0.29, 0.717) is 38.2 Å². The number of nitrogens with one attached hydrogen (secondary N) is 1. The summed E-state index contributed by atoms with van der Waals surface area (Å²) in [6.45, 7) is 4.10. The molecule has 1 N–H and O–H groups in total. The number of carbonyl (C=O) groups is 2. The highest BCUT2D eigenvalue weighted by atomic mass is 19.1. The molecule has 3 aliphatic rings. The van der Waals surface area contributed by atoms with Crippen LogP contribution >= 0.6 is 0 Å². The van der Waals surface area contributed by atoms with Crippen LogP contribution in [0, 0.1) is 5.82 Å². The fraction of sp³-hybridized carbons (Fsp3) is 0.409. The van der Waals surface area contributed by atoms with Crippen molar-refractivity contribution in [3.05, 3.63) is 59.0 Å². The minimum absolute atomic E-state index is 0.00396. The molecule has 1 aromatic heterocycles. The lowest BCUT2D eigenvalue weighted by atomic mass is 9.89. The number of pyridine rings is 1. The number of likely N-dealkylation sites (tertiary alicyclic amines) is 1. The smallest absolute Gasteiger partial charge is 0.410 e. The Labute approximate surface area is 173 Å². The second-order valence-electron chi connectivity index (χ2n) is 8.38. The van der Waals surface area contributed by atoms with Crippen molar-refractivity contribution in [3.8, 4) is 0 Å². The van der Waals surface area contributed by atoms with Gasteiger partial charge in [0.2, 0.25) is 0 Å². The number of anilines is 1. The van der Waals surface area contributed by atoms with Crippen molar-refractivity contribution in [1.82, 2.24) is 14.8 Å². The van der Waals surface area contributed by atoms with E-state index in [9.17, 15) is 14.0 Å². The zero-order valence-electron chi connectivity index (χ0n) is 16.7. The highest BCUT2D eigenvalue weighted by Crippen LogP contribution is 2.38. The Morgan fingerprint density at radius 2 is 2.20 bits per heavy atom. The number of carbonyl (C=O) groups excluding carboxylic acids is 2. The quantitative estimate of drug-likeness (QED) is 0.842. The van der Waals surface area contributed by atoms with E-state index in [1.165, 1.54) is 12.1 Å². The van der Waals surface area contributed by atoms with Gasteiger partial charge in [-0.25, -0.2) is 14.2 Å². The number of aromatic nitrogens is 1. The molecule has 2 fully saturated rings. The summed E-state index contributed by atoms with van der Waals surface area (Å²) >= 11 is 0. The van der Waals surface area contributed by atoms with Gasteiger partial charge in [0.05, 0.1) is 23.7 Å². The van der Waals surface area contributed by atoms with Crippen LogP contribution in [0.3, 0.4) is 0 Å². The summed E-state index contributed by atoms with van der Waals surface area (Å²) in [5.74, 6) is 0.359. The number of halogens is 1. The third kappa shape index (κ3) is 3.16. The van der Waals surface area contributed by atoms with E-state index >= 15 is 0 Å². The molecule has 2 atom stereocenters. The first-order chi connectivity index (χ1) is 14.4. The minimum Gasteiger partial charge on any atom is -0.448 e. The largest absolute Gasteiger partial charge is 0.448 e. The first kappa shape index (κ1) is 18.8. The number of benzene rings is 1. The van der Waals surface area contributed by atoms with Gasteiger partial charge in [-0.2, -0.15) is 0 Å². The van der Waals surface area contributed by atoms with Crippen LogP contribution in [0.25, 0.3) is 0 Å². The van der Waals surface area contributed by atoms with E-state index in [0.717, 1.165) is 23.4 Å². The molecule has 1 aromatic carbocycles. The van der Waals surface area contributed by atoms with Crippen LogP contribution in [0.1, 0.15) is 34.8 Å². The Hall–Kier alpha value is -3.16. The molecule has 8 heteroatoms. The zero-order valence-corrected chi connectivity index (χ0v) is 16.7. The maximum atomic E-state index is 13.7. The number of rotatable bonds is 3. The summed E-state index contributed by atoms with van der Waals surface area (Å²) in [5, 5.41) is 3.38. The Morgan fingerprint density at radius 1 is 1.33 bits per heavy atom. The van der Waals surface area contributed by atoms with Crippen molar-refractivity contribution in [2.24, 2.45) is 0 Å². The summed E-state index contributed by atoms with van der Waals surface area (Å²) in [4.78, 5) is 32.8. The van der Waals surface area contributed by atoms with Gasteiger partial charge in [-0.15, -0.1) is 0 Å². The monoisotopic (exact) mass is 410 g/mol. The van der Waals surface area contributed by atoms with Crippen LogP contribution in [0.2, 0.25) is 0 Å². The first-order valence-corrected chi connectivity index (χ1v) is 10.2. The maximum Gasteiger partial charge on any atom is 0.410 e. The molecule has 0 radical (unpaired) electrons. The predicted molar refractivity (Wildman–Crippen MR) is 108 cm³/mol. The van der Waals surface area contributed by atoms with Gasteiger partial charge in [0, 0.05) is 25.7 Å². The summed E-state index contributed by atoms with van der Waals surface area (Å²) in [6.07, 6.45) is 2.65. The van der Waals surface area contributed by atoms with Crippen LogP contribution in [-0.2, 0) is 16.7 Å². The normalized spacial score (nSPS) is 25.3. The molecule has 0 spiro atoms. The van der Waals surface area contributed by atoms with Crippen molar-refractivity contribution < 1.29 is 18.7 Å². The van der Waals surface area contributed by atoms with E-state index in [4.69, 9.17) is 4.74 Å². The molecule has 0 saturated carbocycles. The number of hydrogen-bond donors (Lipinski definition) is 1. The molecule has 156 valence electrons. The molecule has 5 rings (SSSR count). The van der Waals surface area contributed by atoms with Crippen LogP contribution in [0.5, 0.6) is 0 Å². The molecule has 1 unspecified atom stereocenters. The van der Waals surface area contributed by atoms with Crippen molar-refractivity contribution in [2.75, 3.05) is 31.6 Å². The second-order valence-corrected chi connectivity index (χ2v) is 8.38. The van der Waals surface area contributed by atoms with E-state index in [2.05, 4.69) is 10.3 Å². The molecule has 4 heterocycles. The third-order valence-electron chi connectivity index (χ3n) is 6.30. The van der Waals surface area contributed by atoms with E-state index in [1.54, 1.807) is 22.1 Å². The lowest BCUT2D eigenvalue weighted by Gasteiger charge is -2.25. The molecule has 2 aromatic rings. The summed E-state index contributed by atoms with van der Waals surface area (Å²) in [7, 11) is 0. The van der Waals surface area contributed by atoms with Crippen LogP contribution in [-0.4, -0.2) is 59.1 Å². The Morgan fingerprint density at radius 3 is 2.97 bits per heavy atom. The average Bonchev–Trinajstić information content (AvgIpc) is 3.44. The molecule has 0 aliphatic carbocycles. The molecule has 30 heavy (non-hydrogen) atoms. The molecular weight excluding hydrogens is 387 g/mol. The lowest BCUT2D eigenvalue weighted by Crippen LogP contribution is -2.39. The first-order valence-electron chi connectivity index (χ1n) is 10.2. The molecular formula is C22H23FN4O3. The van der Waals surface area contributed by atoms with Crippen LogP contribution < -0.4 is 5.32 Å². The summed E-state index contributed by atoms with van der Waals surface area (Å²) < 4.78 is 18.7. The molecule has 3 aliphatic heterocycles. The Kier molecular flexibility index (Phi) is 4.38. The van der Waals surface area contributed by atoms with Crippen molar-refractivity contribution in [3.63, 3.8) is 0 Å². The van der Waals surface area contributed by atoms with Gasteiger partial charge in [-0.05, 0) is 42.7 Å². The minimum atomic E-state index is -0.478. The highest BCUT2D eigenvalue weighted by molar-refractivity contribution is 5.94. The zero-order chi connectivity index (χ0) is 20.9. The number of amides is 2. The predicted octanol–water partition coefficient (Wildman–Crippen LogP) is 2.77.